The molecule has 2 nitrogen and oxygen atoms in total. The maximum absolute atomic E-state index is 13.4. The number of hydrogen-bond acceptors (Lipinski definition) is 2. The van der Waals surface area contributed by atoms with Crippen LogP contribution in [0.4, 0.5) is 4.39 Å². The summed E-state index contributed by atoms with van der Waals surface area (Å²) < 4.78 is 18.6. The Kier molecular flexibility index (Phi) is 4.22. The van der Waals surface area contributed by atoms with Gasteiger partial charge in [-0.2, -0.15) is 0 Å². The van der Waals surface area contributed by atoms with E-state index >= 15 is 0 Å². The summed E-state index contributed by atoms with van der Waals surface area (Å²) in [5.41, 5.74) is 0.623. The normalized spacial score (nSPS) is 10.3. The molecule has 0 amide bonds. The molecule has 5 heteroatoms. The third kappa shape index (κ3) is 2.80. The second kappa shape index (κ2) is 5.72. The van der Waals surface area contributed by atoms with Crippen molar-refractivity contribution in [2.45, 2.75) is 0 Å². The molecule has 0 aliphatic rings. The summed E-state index contributed by atoms with van der Waals surface area (Å²) in [5.74, 6) is -0.307. The molecule has 2 rings (SSSR count). The van der Waals surface area contributed by atoms with Gasteiger partial charge in [0.2, 0.25) is 0 Å². The minimum atomic E-state index is -0.481. The molecule has 0 radical (unpaired) electrons. The molecule has 0 unspecified atom stereocenters. The Morgan fingerprint density at radius 2 is 2.05 bits per heavy atom. The van der Waals surface area contributed by atoms with E-state index in [0.717, 1.165) is 0 Å². The van der Waals surface area contributed by atoms with Crippen LogP contribution in [0.1, 0.15) is 15.9 Å². The third-order valence-electron chi connectivity index (χ3n) is 2.61. The molecule has 0 aliphatic heterocycles. The summed E-state index contributed by atoms with van der Waals surface area (Å²) in [7, 11) is 1.49. The number of hydrogen-bond donors (Lipinski definition) is 0. The van der Waals surface area contributed by atoms with Gasteiger partial charge in [-0.05, 0) is 46.3 Å². The molecule has 0 bridgehead atoms. The van der Waals surface area contributed by atoms with Crippen LogP contribution in [0, 0.1) is 5.82 Å². The summed E-state index contributed by atoms with van der Waals surface area (Å²) in [6.07, 6.45) is 0. The molecule has 0 saturated carbocycles. The zero-order valence-corrected chi connectivity index (χ0v) is 12.3. The first kappa shape index (κ1) is 14.0. The number of ketones is 1. The molecule has 0 atom stereocenters. The van der Waals surface area contributed by atoms with E-state index < -0.39 is 5.82 Å². The molecule has 0 heterocycles. The molecule has 0 saturated heterocycles. The number of carbonyl (C=O) groups is 1. The van der Waals surface area contributed by atoms with Gasteiger partial charge in [0.1, 0.15) is 11.6 Å². The third-order valence-corrected chi connectivity index (χ3v) is 3.71. The Balaban J connectivity index is 2.44. The molecule has 19 heavy (non-hydrogen) atoms. The highest BCUT2D eigenvalue weighted by Gasteiger charge is 2.16. The smallest absolute Gasteiger partial charge is 0.194 e. The lowest BCUT2D eigenvalue weighted by molar-refractivity contribution is 0.103. The standard InChI is InChI=1S/C14H9BrClFO2/c1-19-12-6-5-8(7-10(12)16)14(18)9-3-2-4-11(17)13(9)15/h2-7H,1H3. The van der Waals surface area contributed by atoms with Gasteiger partial charge in [-0.25, -0.2) is 4.39 Å². The summed E-state index contributed by atoms with van der Waals surface area (Å²) in [6.45, 7) is 0. The largest absolute Gasteiger partial charge is 0.495 e. The van der Waals surface area contributed by atoms with E-state index in [1.165, 1.54) is 25.3 Å². The molecular weight excluding hydrogens is 335 g/mol. The van der Waals surface area contributed by atoms with Gasteiger partial charge in [-0.1, -0.05) is 17.7 Å². The predicted molar refractivity (Wildman–Crippen MR) is 75.5 cm³/mol. The van der Waals surface area contributed by atoms with E-state index in [9.17, 15) is 9.18 Å². The SMILES string of the molecule is COc1ccc(C(=O)c2cccc(F)c2Br)cc1Cl. The highest BCUT2D eigenvalue weighted by atomic mass is 79.9. The highest BCUT2D eigenvalue weighted by Crippen LogP contribution is 2.28. The number of ether oxygens (including phenoxy) is 1. The van der Waals surface area contributed by atoms with Crippen molar-refractivity contribution in [3.05, 3.63) is 62.8 Å². The summed E-state index contributed by atoms with van der Waals surface area (Å²) in [4.78, 5) is 12.3. The number of benzene rings is 2. The van der Waals surface area contributed by atoms with Gasteiger partial charge in [0.05, 0.1) is 16.6 Å². The maximum Gasteiger partial charge on any atom is 0.194 e. The average Bonchev–Trinajstić information content (AvgIpc) is 2.41. The molecule has 0 N–H and O–H groups in total. The summed E-state index contributed by atoms with van der Waals surface area (Å²) in [6, 6.07) is 9.00. The lowest BCUT2D eigenvalue weighted by Gasteiger charge is -2.07. The number of methoxy groups -OCH3 is 1. The lowest BCUT2D eigenvalue weighted by Crippen LogP contribution is -2.03. The molecule has 0 aromatic heterocycles. The van der Waals surface area contributed by atoms with Crippen molar-refractivity contribution in [2.24, 2.45) is 0 Å². The van der Waals surface area contributed by atoms with Crippen LogP contribution in [-0.4, -0.2) is 12.9 Å². The summed E-state index contributed by atoms with van der Waals surface area (Å²) >= 11 is 9.04. The van der Waals surface area contributed by atoms with Crippen molar-refractivity contribution in [3.8, 4) is 5.75 Å². The predicted octanol–water partition coefficient (Wildman–Crippen LogP) is 4.48. The van der Waals surface area contributed by atoms with Gasteiger partial charge in [0.15, 0.2) is 5.78 Å². The van der Waals surface area contributed by atoms with Crippen molar-refractivity contribution < 1.29 is 13.9 Å². The quantitative estimate of drug-likeness (QED) is 0.768. The van der Waals surface area contributed by atoms with Crippen molar-refractivity contribution in [3.63, 3.8) is 0 Å². The van der Waals surface area contributed by atoms with E-state index in [-0.39, 0.29) is 15.8 Å². The first-order valence-electron chi connectivity index (χ1n) is 5.37. The minimum Gasteiger partial charge on any atom is -0.495 e. The Morgan fingerprint density at radius 1 is 1.32 bits per heavy atom. The van der Waals surface area contributed by atoms with Gasteiger partial charge < -0.3 is 4.74 Å². The summed E-state index contributed by atoms with van der Waals surface area (Å²) in [5, 5.41) is 0.334. The Labute approximate surface area is 123 Å². The van der Waals surface area contributed by atoms with E-state index in [0.29, 0.717) is 16.3 Å². The minimum absolute atomic E-state index is 0.145. The van der Waals surface area contributed by atoms with Crippen molar-refractivity contribution >= 4 is 33.3 Å². The lowest BCUT2D eigenvalue weighted by atomic mass is 10.0. The number of halogens is 3. The van der Waals surface area contributed by atoms with Crippen LogP contribution >= 0.6 is 27.5 Å². The van der Waals surface area contributed by atoms with E-state index in [4.69, 9.17) is 16.3 Å². The zero-order valence-electron chi connectivity index (χ0n) is 9.91. The first-order valence-corrected chi connectivity index (χ1v) is 6.54. The molecule has 0 fully saturated rings. The van der Waals surface area contributed by atoms with Crippen molar-refractivity contribution in [1.29, 1.82) is 0 Å². The molecule has 98 valence electrons. The van der Waals surface area contributed by atoms with E-state index in [1.807, 2.05) is 0 Å². The fourth-order valence-electron chi connectivity index (χ4n) is 1.64. The van der Waals surface area contributed by atoms with Crippen LogP contribution in [0.5, 0.6) is 5.75 Å². The topological polar surface area (TPSA) is 26.3 Å². The molecular formula is C14H9BrClFO2. The van der Waals surface area contributed by atoms with Gasteiger partial charge in [0, 0.05) is 11.1 Å². The van der Waals surface area contributed by atoms with Gasteiger partial charge in [0.25, 0.3) is 0 Å². The monoisotopic (exact) mass is 342 g/mol. The van der Waals surface area contributed by atoms with Gasteiger partial charge in [-0.15, -0.1) is 0 Å². The Bertz CT molecular complexity index is 643. The fraction of sp³-hybridized carbons (Fsp3) is 0.0714. The average molecular weight is 344 g/mol. The Morgan fingerprint density at radius 3 is 2.68 bits per heavy atom. The first-order chi connectivity index (χ1) is 9.04. The van der Waals surface area contributed by atoms with Crippen molar-refractivity contribution in [1.82, 2.24) is 0 Å². The van der Waals surface area contributed by atoms with Crippen LogP contribution in [0.3, 0.4) is 0 Å². The molecule has 2 aromatic carbocycles. The second-order valence-electron chi connectivity index (χ2n) is 3.78. The molecule has 2 aromatic rings. The Hall–Kier alpha value is -1.39. The fourth-order valence-corrected chi connectivity index (χ4v) is 2.34. The number of rotatable bonds is 3. The van der Waals surface area contributed by atoms with Crippen LogP contribution in [-0.2, 0) is 0 Å². The van der Waals surface area contributed by atoms with Gasteiger partial charge >= 0.3 is 0 Å². The van der Waals surface area contributed by atoms with Crippen LogP contribution in [0.15, 0.2) is 40.9 Å². The second-order valence-corrected chi connectivity index (χ2v) is 4.98. The number of carbonyl (C=O) groups excluding carboxylic acids is 1. The van der Waals surface area contributed by atoms with Crippen molar-refractivity contribution in [2.75, 3.05) is 7.11 Å². The molecule has 0 spiro atoms. The van der Waals surface area contributed by atoms with Crippen LogP contribution in [0.2, 0.25) is 5.02 Å². The van der Waals surface area contributed by atoms with Crippen LogP contribution in [0.25, 0.3) is 0 Å². The van der Waals surface area contributed by atoms with E-state index in [2.05, 4.69) is 15.9 Å². The van der Waals surface area contributed by atoms with Gasteiger partial charge in [-0.3, -0.25) is 4.79 Å². The zero-order chi connectivity index (χ0) is 14.0. The highest BCUT2D eigenvalue weighted by molar-refractivity contribution is 9.10. The van der Waals surface area contributed by atoms with Crippen LogP contribution < -0.4 is 4.74 Å². The molecule has 0 aliphatic carbocycles. The van der Waals surface area contributed by atoms with E-state index in [1.54, 1.807) is 18.2 Å². The maximum atomic E-state index is 13.4.